The highest BCUT2D eigenvalue weighted by atomic mass is 35.5. The number of nitrogens with one attached hydrogen (secondary N) is 1. The summed E-state index contributed by atoms with van der Waals surface area (Å²) in [7, 11) is 0. The van der Waals surface area contributed by atoms with Crippen LogP contribution in [0.15, 0.2) is 48.5 Å². The fourth-order valence-electron chi connectivity index (χ4n) is 3.41. The van der Waals surface area contributed by atoms with Gasteiger partial charge in [0.2, 0.25) is 5.91 Å². The van der Waals surface area contributed by atoms with E-state index in [1.807, 2.05) is 62.4 Å². The van der Waals surface area contributed by atoms with Gasteiger partial charge in [-0.2, -0.15) is 0 Å². The van der Waals surface area contributed by atoms with Gasteiger partial charge in [0.25, 0.3) is 0 Å². The maximum absolute atomic E-state index is 12.7. The maximum atomic E-state index is 12.7. The van der Waals surface area contributed by atoms with Gasteiger partial charge in [-0.1, -0.05) is 29.8 Å². The highest BCUT2D eigenvalue weighted by Gasteiger charge is 2.26. The number of likely N-dealkylation sites (tertiary alicyclic amines) is 1. The highest BCUT2D eigenvalue weighted by Crippen LogP contribution is 2.24. The summed E-state index contributed by atoms with van der Waals surface area (Å²) in [6, 6.07) is 15.5. The smallest absolute Gasteiger partial charge is 0.228 e. The molecule has 4 nitrogen and oxygen atoms in total. The number of piperidine rings is 1. The van der Waals surface area contributed by atoms with E-state index in [0.717, 1.165) is 54.5 Å². The van der Waals surface area contributed by atoms with Crippen LogP contribution < -0.4 is 10.1 Å². The molecule has 0 radical (unpaired) electrons. The average Bonchev–Trinajstić information content (AvgIpc) is 2.65. The van der Waals surface area contributed by atoms with Crippen molar-refractivity contribution in [2.24, 2.45) is 5.92 Å². The van der Waals surface area contributed by atoms with Gasteiger partial charge >= 0.3 is 0 Å². The molecule has 0 bridgehead atoms. The first-order valence-corrected chi connectivity index (χ1v) is 9.92. The van der Waals surface area contributed by atoms with E-state index in [2.05, 4.69) is 10.2 Å². The summed E-state index contributed by atoms with van der Waals surface area (Å²) in [5.41, 5.74) is 1.92. The molecule has 0 spiro atoms. The SMILES string of the molecule is CC(C)Oc1ccc(NC(=O)[C@H]2CCCN(Cc3ccccc3Cl)C2)cc1. The summed E-state index contributed by atoms with van der Waals surface area (Å²) in [6.07, 6.45) is 2.07. The molecule has 1 fully saturated rings. The zero-order valence-electron chi connectivity index (χ0n) is 16.0. The highest BCUT2D eigenvalue weighted by molar-refractivity contribution is 6.31. The van der Waals surface area contributed by atoms with Crippen molar-refractivity contribution in [2.45, 2.75) is 39.3 Å². The largest absolute Gasteiger partial charge is 0.491 e. The molecule has 0 unspecified atom stereocenters. The molecule has 3 rings (SSSR count). The van der Waals surface area contributed by atoms with Gasteiger partial charge in [-0.3, -0.25) is 9.69 Å². The van der Waals surface area contributed by atoms with Crippen LogP contribution in [0.3, 0.4) is 0 Å². The van der Waals surface area contributed by atoms with Crippen LogP contribution in [-0.2, 0) is 11.3 Å². The van der Waals surface area contributed by atoms with E-state index in [9.17, 15) is 4.79 Å². The molecule has 1 N–H and O–H groups in total. The third-order valence-corrected chi connectivity index (χ3v) is 5.09. The Labute approximate surface area is 166 Å². The first kappa shape index (κ1) is 19.7. The number of hydrogen-bond acceptors (Lipinski definition) is 3. The van der Waals surface area contributed by atoms with Crippen molar-refractivity contribution in [1.82, 2.24) is 4.90 Å². The van der Waals surface area contributed by atoms with Gasteiger partial charge in [0, 0.05) is 23.8 Å². The van der Waals surface area contributed by atoms with Crippen molar-refractivity contribution < 1.29 is 9.53 Å². The topological polar surface area (TPSA) is 41.6 Å². The summed E-state index contributed by atoms with van der Waals surface area (Å²) in [5, 5.41) is 3.83. The molecule has 0 aliphatic carbocycles. The maximum Gasteiger partial charge on any atom is 0.228 e. The third-order valence-electron chi connectivity index (χ3n) is 4.72. The molecule has 1 atom stereocenters. The Kier molecular flexibility index (Phi) is 6.75. The summed E-state index contributed by atoms with van der Waals surface area (Å²) < 4.78 is 5.64. The fourth-order valence-corrected chi connectivity index (χ4v) is 3.61. The van der Waals surface area contributed by atoms with Crippen LogP contribution in [0.25, 0.3) is 0 Å². The van der Waals surface area contributed by atoms with E-state index in [-0.39, 0.29) is 17.9 Å². The molecule has 0 saturated carbocycles. The second-order valence-electron chi connectivity index (χ2n) is 7.35. The molecule has 1 saturated heterocycles. The molecule has 0 aromatic heterocycles. The molecule has 1 aliphatic heterocycles. The lowest BCUT2D eigenvalue weighted by molar-refractivity contribution is -0.121. The Morgan fingerprint density at radius 3 is 2.67 bits per heavy atom. The van der Waals surface area contributed by atoms with Crippen molar-refractivity contribution in [2.75, 3.05) is 18.4 Å². The summed E-state index contributed by atoms with van der Waals surface area (Å²) in [4.78, 5) is 15.0. The van der Waals surface area contributed by atoms with Crippen molar-refractivity contribution in [3.63, 3.8) is 0 Å². The number of anilines is 1. The Bertz CT molecular complexity index is 761. The second-order valence-corrected chi connectivity index (χ2v) is 7.75. The molecule has 2 aromatic carbocycles. The van der Waals surface area contributed by atoms with E-state index in [1.54, 1.807) is 0 Å². The summed E-state index contributed by atoms with van der Waals surface area (Å²) in [5.74, 6) is 0.885. The lowest BCUT2D eigenvalue weighted by atomic mass is 9.96. The molecular formula is C22H27ClN2O2. The van der Waals surface area contributed by atoms with Gasteiger partial charge in [0.15, 0.2) is 0 Å². The van der Waals surface area contributed by atoms with Crippen molar-refractivity contribution in [1.29, 1.82) is 0 Å². The normalized spacial score (nSPS) is 17.7. The minimum Gasteiger partial charge on any atom is -0.491 e. The number of hydrogen-bond donors (Lipinski definition) is 1. The van der Waals surface area contributed by atoms with E-state index >= 15 is 0 Å². The molecule has 5 heteroatoms. The van der Waals surface area contributed by atoms with Gasteiger partial charge in [0.05, 0.1) is 12.0 Å². The zero-order chi connectivity index (χ0) is 19.2. The number of rotatable bonds is 6. The fraction of sp³-hybridized carbons (Fsp3) is 0.409. The van der Waals surface area contributed by atoms with E-state index in [4.69, 9.17) is 16.3 Å². The number of benzene rings is 2. The average molecular weight is 387 g/mol. The number of halogens is 1. The quantitative estimate of drug-likeness (QED) is 0.761. The van der Waals surface area contributed by atoms with Gasteiger partial charge < -0.3 is 10.1 Å². The van der Waals surface area contributed by atoms with Crippen LogP contribution in [0.5, 0.6) is 5.75 Å². The summed E-state index contributed by atoms with van der Waals surface area (Å²) >= 11 is 6.28. The Morgan fingerprint density at radius 1 is 1.22 bits per heavy atom. The number of ether oxygens (including phenoxy) is 1. The molecule has 1 heterocycles. The lowest BCUT2D eigenvalue weighted by Gasteiger charge is -2.32. The lowest BCUT2D eigenvalue weighted by Crippen LogP contribution is -2.40. The van der Waals surface area contributed by atoms with Crippen molar-refractivity contribution in [3.05, 3.63) is 59.1 Å². The number of nitrogens with zero attached hydrogens (tertiary/aromatic N) is 1. The van der Waals surface area contributed by atoms with Crippen LogP contribution in [0.1, 0.15) is 32.3 Å². The molecule has 1 aliphatic rings. The first-order valence-electron chi connectivity index (χ1n) is 9.54. The predicted molar refractivity (Wildman–Crippen MR) is 110 cm³/mol. The van der Waals surface area contributed by atoms with E-state index in [1.165, 1.54) is 0 Å². The van der Waals surface area contributed by atoms with E-state index < -0.39 is 0 Å². The Balaban J connectivity index is 1.56. The Morgan fingerprint density at radius 2 is 1.96 bits per heavy atom. The standard InChI is InChI=1S/C22H27ClN2O2/c1-16(2)27-20-11-9-19(10-12-20)24-22(26)18-7-5-13-25(15-18)14-17-6-3-4-8-21(17)23/h3-4,6,8-12,16,18H,5,7,13-15H2,1-2H3,(H,24,26)/t18-/m0/s1. The third kappa shape index (κ3) is 5.72. The van der Waals surface area contributed by atoms with Crippen LogP contribution in [0.4, 0.5) is 5.69 Å². The second kappa shape index (κ2) is 9.25. The van der Waals surface area contributed by atoms with E-state index in [0.29, 0.717) is 0 Å². The first-order chi connectivity index (χ1) is 13.0. The molecule has 144 valence electrons. The number of carbonyl (C=O) groups is 1. The molecule has 27 heavy (non-hydrogen) atoms. The Hall–Kier alpha value is -2.04. The van der Waals surface area contributed by atoms with Gasteiger partial charge in [-0.15, -0.1) is 0 Å². The monoisotopic (exact) mass is 386 g/mol. The van der Waals surface area contributed by atoms with Crippen molar-refractivity contribution >= 4 is 23.2 Å². The minimum atomic E-state index is -0.00664. The van der Waals surface area contributed by atoms with Crippen LogP contribution in [0.2, 0.25) is 5.02 Å². The zero-order valence-corrected chi connectivity index (χ0v) is 16.7. The van der Waals surface area contributed by atoms with Gasteiger partial charge in [0.1, 0.15) is 5.75 Å². The molecule has 1 amide bonds. The summed E-state index contributed by atoms with van der Waals surface area (Å²) in [6.45, 7) is 6.52. The minimum absolute atomic E-state index is 0.00664. The number of amides is 1. The van der Waals surface area contributed by atoms with Crippen molar-refractivity contribution in [3.8, 4) is 5.75 Å². The molecular weight excluding hydrogens is 360 g/mol. The van der Waals surface area contributed by atoms with Gasteiger partial charge in [-0.05, 0) is 69.1 Å². The van der Waals surface area contributed by atoms with Crippen LogP contribution >= 0.6 is 11.6 Å². The molecule has 2 aromatic rings. The predicted octanol–water partition coefficient (Wildman–Crippen LogP) is 4.98. The number of carbonyl (C=O) groups excluding carboxylic acids is 1. The van der Waals surface area contributed by atoms with Crippen LogP contribution in [-0.4, -0.2) is 30.0 Å². The van der Waals surface area contributed by atoms with Crippen LogP contribution in [0, 0.1) is 5.92 Å². The van der Waals surface area contributed by atoms with Gasteiger partial charge in [-0.25, -0.2) is 0 Å².